The smallest absolute Gasteiger partial charge is 0.403 e. The third-order valence-corrected chi connectivity index (χ3v) is 6.47. The zero-order valence-corrected chi connectivity index (χ0v) is 19.6. The first kappa shape index (κ1) is 24.7. The number of hydrogen-bond acceptors (Lipinski definition) is 6. The van der Waals surface area contributed by atoms with Crippen LogP contribution in [-0.4, -0.2) is 72.8 Å². The lowest BCUT2D eigenvalue weighted by atomic mass is 10.1. The maximum Gasteiger partial charge on any atom is 0.573 e. The molecule has 0 fully saturated rings. The minimum absolute atomic E-state index is 0.0734. The summed E-state index contributed by atoms with van der Waals surface area (Å²) in [6.07, 6.45) is -3.58. The highest BCUT2D eigenvalue weighted by atomic mass is 19.4. The first-order chi connectivity index (χ1) is 17.7. The number of nitrogens with one attached hydrogen (secondary N) is 1. The molecule has 2 amide bonds. The molecule has 196 valence electrons. The SMILES string of the molecule is O=C(CCc1ccc(OC(F)(F)F)c(F)c1)N1CCc2cc(C(=O)N3CCc4[nH]nnc4C3)nn2CC1. The zero-order chi connectivity index (χ0) is 26.2. The maximum atomic E-state index is 13.9. The molecule has 0 atom stereocenters. The summed E-state index contributed by atoms with van der Waals surface area (Å²) in [5.74, 6) is -2.39. The van der Waals surface area contributed by atoms with Gasteiger partial charge in [0.2, 0.25) is 5.91 Å². The van der Waals surface area contributed by atoms with Crippen LogP contribution in [0.2, 0.25) is 0 Å². The third-order valence-electron chi connectivity index (χ3n) is 6.47. The second-order valence-electron chi connectivity index (χ2n) is 8.90. The van der Waals surface area contributed by atoms with Crippen molar-refractivity contribution in [3.05, 3.63) is 58.4 Å². The Balaban J connectivity index is 1.14. The van der Waals surface area contributed by atoms with Crippen LogP contribution in [0.4, 0.5) is 17.6 Å². The Morgan fingerprint density at radius 2 is 1.86 bits per heavy atom. The fraction of sp³-hybridized carbons (Fsp3) is 0.435. The number of H-pyrrole nitrogens is 1. The van der Waals surface area contributed by atoms with E-state index in [0.717, 1.165) is 29.2 Å². The fourth-order valence-electron chi connectivity index (χ4n) is 4.54. The summed E-state index contributed by atoms with van der Waals surface area (Å²) in [5.41, 5.74) is 3.28. The number of alkyl halides is 3. The van der Waals surface area contributed by atoms with Crippen molar-refractivity contribution in [3.8, 4) is 5.75 Å². The van der Waals surface area contributed by atoms with Crippen molar-refractivity contribution in [3.63, 3.8) is 0 Å². The molecule has 5 rings (SSSR count). The van der Waals surface area contributed by atoms with Crippen LogP contribution in [0.25, 0.3) is 0 Å². The Morgan fingerprint density at radius 3 is 2.65 bits per heavy atom. The molecule has 0 aliphatic carbocycles. The minimum Gasteiger partial charge on any atom is -0.403 e. The molecule has 0 saturated carbocycles. The van der Waals surface area contributed by atoms with Gasteiger partial charge in [-0.1, -0.05) is 11.3 Å². The first-order valence-electron chi connectivity index (χ1n) is 11.7. The summed E-state index contributed by atoms with van der Waals surface area (Å²) < 4.78 is 56.2. The van der Waals surface area contributed by atoms with Crippen molar-refractivity contribution in [2.24, 2.45) is 0 Å². The summed E-state index contributed by atoms with van der Waals surface area (Å²) in [4.78, 5) is 29.1. The van der Waals surface area contributed by atoms with Gasteiger partial charge in [0.15, 0.2) is 17.3 Å². The number of nitrogens with zero attached hydrogens (tertiary/aromatic N) is 6. The topological polar surface area (TPSA) is 109 Å². The molecule has 0 unspecified atom stereocenters. The average Bonchev–Trinajstić information content (AvgIpc) is 3.44. The van der Waals surface area contributed by atoms with Gasteiger partial charge in [-0.3, -0.25) is 19.4 Å². The molecule has 14 heteroatoms. The second-order valence-corrected chi connectivity index (χ2v) is 8.90. The van der Waals surface area contributed by atoms with E-state index in [-0.39, 0.29) is 24.7 Å². The number of halogens is 4. The molecule has 1 aromatic carbocycles. The lowest BCUT2D eigenvalue weighted by Gasteiger charge is -2.24. The van der Waals surface area contributed by atoms with Crippen molar-refractivity contribution >= 4 is 11.8 Å². The lowest BCUT2D eigenvalue weighted by molar-refractivity contribution is -0.275. The Morgan fingerprint density at radius 1 is 1.05 bits per heavy atom. The summed E-state index contributed by atoms with van der Waals surface area (Å²) in [5, 5.41) is 15.1. The van der Waals surface area contributed by atoms with Gasteiger partial charge in [0, 0.05) is 44.6 Å². The molecular formula is C23H23F4N7O3. The normalized spacial score (nSPS) is 15.7. The summed E-state index contributed by atoms with van der Waals surface area (Å²) in [6, 6.07) is 4.90. The van der Waals surface area contributed by atoms with E-state index in [4.69, 9.17) is 0 Å². The van der Waals surface area contributed by atoms with E-state index >= 15 is 0 Å². The Labute approximate surface area is 208 Å². The van der Waals surface area contributed by atoms with E-state index in [2.05, 4.69) is 25.2 Å². The van der Waals surface area contributed by atoms with E-state index < -0.39 is 17.9 Å². The number of carbonyl (C=O) groups is 2. The Bertz CT molecular complexity index is 1290. The number of fused-ring (bicyclic) bond motifs is 2. The molecule has 10 nitrogen and oxygen atoms in total. The molecule has 0 radical (unpaired) electrons. The van der Waals surface area contributed by atoms with E-state index in [1.165, 1.54) is 6.07 Å². The highest BCUT2D eigenvalue weighted by Gasteiger charge is 2.32. The molecule has 37 heavy (non-hydrogen) atoms. The molecule has 4 heterocycles. The average molecular weight is 521 g/mol. The van der Waals surface area contributed by atoms with Crippen LogP contribution in [0, 0.1) is 5.82 Å². The van der Waals surface area contributed by atoms with Gasteiger partial charge < -0.3 is 14.5 Å². The monoisotopic (exact) mass is 521 g/mol. The summed E-state index contributed by atoms with van der Waals surface area (Å²) in [7, 11) is 0. The molecule has 1 N–H and O–H groups in total. The van der Waals surface area contributed by atoms with Crippen LogP contribution in [-0.2, 0) is 37.1 Å². The number of amides is 2. The standard InChI is InChI=1S/C23H23F4N7O3/c24-16-11-14(1-3-20(16)37-23(25,26)27)2-4-21(35)32-7-5-15-12-18(30-34(15)10-9-32)22(36)33-8-6-17-19(13-33)29-31-28-17/h1,3,11-12H,2,4-10,13H2,(H,28,29,31). The molecule has 0 bridgehead atoms. The predicted octanol–water partition coefficient (Wildman–Crippen LogP) is 2.25. The first-order valence-corrected chi connectivity index (χ1v) is 11.7. The number of carbonyl (C=O) groups excluding carboxylic acids is 2. The van der Waals surface area contributed by atoms with Crippen molar-refractivity contribution < 1.29 is 31.9 Å². The molecule has 0 saturated heterocycles. The third kappa shape index (κ3) is 5.57. The van der Waals surface area contributed by atoms with Crippen molar-refractivity contribution in [2.75, 3.05) is 19.6 Å². The van der Waals surface area contributed by atoms with Gasteiger partial charge >= 0.3 is 6.36 Å². The highest BCUT2D eigenvalue weighted by Crippen LogP contribution is 2.26. The molecule has 2 aliphatic heterocycles. The van der Waals surface area contributed by atoms with Gasteiger partial charge in [-0.25, -0.2) is 4.39 Å². The molecule has 0 spiro atoms. The van der Waals surface area contributed by atoms with Crippen LogP contribution < -0.4 is 4.74 Å². The van der Waals surface area contributed by atoms with Crippen LogP contribution >= 0.6 is 0 Å². The van der Waals surface area contributed by atoms with Crippen molar-refractivity contribution in [1.82, 2.24) is 35.0 Å². The number of rotatable bonds is 5. The highest BCUT2D eigenvalue weighted by molar-refractivity contribution is 5.92. The number of hydrogen-bond donors (Lipinski definition) is 1. The molecular weight excluding hydrogens is 498 g/mol. The number of aryl methyl sites for hydroxylation is 1. The lowest BCUT2D eigenvalue weighted by Crippen LogP contribution is -2.36. The van der Waals surface area contributed by atoms with Crippen LogP contribution in [0.15, 0.2) is 24.3 Å². The maximum absolute atomic E-state index is 13.9. The minimum atomic E-state index is -4.98. The number of ether oxygens (including phenoxy) is 1. The fourth-order valence-corrected chi connectivity index (χ4v) is 4.54. The number of aromatic amines is 1. The molecule has 2 aromatic heterocycles. The van der Waals surface area contributed by atoms with Crippen LogP contribution in [0.5, 0.6) is 5.75 Å². The summed E-state index contributed by atoms with van der Waals surface area (Å²) in [6.45, 7) is 2.15. The zero-order valence-electron chi connectivity index (χ0n) is 19.6. The second kappa shape index (κ2) is 9.82. The van der Waals surface area contributed by atoms with Crippen LogP contribution in [0.3, 0.4) is 0 Å². The quantitative estimate of drug-likeness (QED) is 0.516. The largest absolute Gasteiger partial charge is 0.573 e. The van der Waals surface area contributed by atoms with Gasteiger partial charge in [-0.2, -0.15) is 5.10 Å². The van der Waals surface area contributed by atoms with Gasteiger partial charge in [0.25, 0.3) is 5.91 Å². The Hall–Kier alpha value is -3.97. The van der Waals surface area contributed by atoms with Crippen LogP contribution in [0.1, 0.15) is 39.6 Å². The molecule has 3 aromatic rings. The van der Waals surface area contributed by atoms with Crippen molar-refractivity contribution in [2.45, 2.75) is 45.1 Å². The predicted molar refractivity (Wildman–Crippen MR) is 119 cm³/mol. The van der Waals surface area contributed by atoms with Gasteiger partial charge in [0.1, 0.15) is 5.69 Å². The van der Waals surface area contributed by atoms with Gasteiger partial charge in [0.05, 0.1) is 18.8 Å². The number of benzene rings is 1. The van der Waals surface area contributed by atoms with E-state index in [1.807, 2.05) is 0 Å². The summed E-state index contributed by atoms with van der Waals surface area (Å²) >= 11 is 0. The van der Waals surface area contributed by atoms with Gasteiger partial charge in [-0.05, 0) is 30.2 Å². The van der Waals surface area contributed by atoms with E-state index in [1.54, 1.807) is 20.5 Å². The number of aromatic nitrogens is 5. The van der Waals surface area contributed by atoms with Crippen molar-refractivity contribution in [1.29, 1.82) is 0 Å². The Kier molecular flexibility index (Phi) is 6.56. The van der Waals surface area contributed by atoms with E-state index in [9.17, 15) is 27.2 Å². The van der Waals surface area contributed by atoms with E-state index in [0.29, 0.717) is 56.8 Å². The van der Waals surface area contributed by atoms with Gasteiger partial charge in [-0.15, -0.1) is 18.3 Å². The molecule has 2 aliphatic rings.